The number of hydrogen-bond donors (Lipinski definition) is 1. The maximum atomic E-state index is 13.4. The van der Waals surface area contributed by atoms with Gasteiger partial charge in [0, 0.05) is 18.6 Å². The number of nitrogens with one attached hydrogen (secondary N) is 1. The number of nitrogens with zero attached hydrogens (tertiary/aromatic N) is 4. The van der Waals surface area contributed by atoms with Crippen LogP contribution in [0, 0.1) is 12.8 Å². The fourth-order valence-corrected chi connectivity index (χ4v) is 6.24. The van der Waals surface area contributed by atoms with Gasteiger partial charge in [-0.3, -0.25) is 9.48 Å². The molecule has 1 saturated heterocycles. The first-order chi connectivity index (χ1) is 15.9. The van der Waals surface area contributed by atoms with Crippen molar-refractivity contribution in [2.45, 2.75) is 55.2 Å². The minimum atomic E-state index is -3.39. The SMILES string of the molecule is Cc1ccc(NC(=O)C(CC2CCOCC2)n2ncc3c(S(=O)(=O)C4CC4)cccc32)nn1. The summed E-state index contributed by atoms with van der Waals surface area (Å²) in [5.41, 5.74) is 1.40. The summed E-state index contributed by atoms with van der Waals surface area (Å²) in [5, 5.41) is 15.7. The maximum Gasteiger partial charge on any atom is 0.250 e. The van der Waals surface area contributed by atoms with Gasteiger partial charge < -0.3 is 10.1 Å². The minimum Gasteiger partial charge on any atom is -0.381 e. The zero-order valence-electron chi connectivity index (χ0n) is 18.5. The van der Waals surface area contributed by atoms with Crippen LogP contribution in [0.3, 0.4) is 0 Å². The topological polar surface area (TPSA) is 116 Å². The number of aryl methyl sites for hydroxylation is 1. The summed E-state index contributed by atoms with van der Waals surface area (Å²) in [6, 6.07) is 8.07. The molecular formula is C23H27N5O4S. The molecule has 174 valence electrons. The molecule has 3 heterocycles. The zero-order valence-corrected chi connectivity index (χ0v) is 19.3. The van der Waals surface area contributed by atoms with Crippen LogP contribution >= 0.6 is 0 Å². The van der Waals surface area contributed by atoms with E-state index in [0.29, 0.717) is 60.0 Å². The van der Waals surface area contributed by atoms with Crippen molar-refractivity contribution in [1.82, 2.24) is 20.0 Å². The standard InChI is InChI=1S/C23H27N5O4S/c1-15-5-8-22(27-26-15)25-23(29)20(13-16-9-11-32-12-10-16)28-19-3-2-4-21(18(19)14-24-28)33(30,31)17-6-7-17/h2-5,8,14,16-17,20H,6-7,9-13H2,1H3,(H,25,27,29). The monoisotopic (exact) mass is 469 g/mol. The van der Waals surface area contributed by atoms with Gasteiger partial charge in [0.05, 0.1) is 27.6 Å². The highest BCUT2D eigenvalue weighted by Crippen LogP contribution is 2.37. The second-order valence-electron chi connectivity index (χ2n) is 8.88. The van der Waals surface area contributed by atoms with Crippen LogP contribution in [0.4, 0.5) is 5.82 Å². The van der Waals surface area contributed by atoms with E-state index in [4.69, 9.17) is 4.74 Å². The summed E-state index contributed by atoms with van der Waals surface area (Å²) in [6.45, 7) is 3.17. The summed E-state index contributed by atoms with van der Waals surface area (Å²) in [5.74, 6) is 0.423. The summed E-state index contributed by atoms with van der Waals surface area (Å²) in [6.07, 6.45) is 5.27. The highest BCUT2D eigenvalue weighted by molar-refractivity contribution is 7.92. The zero-order chi connectivity index (χ0) is 23.0. The first kappa shape index (κ1) is 22.0. The Balaban J connectivity index is 1.51. The van der Waals surface area contributed by atoms with Gasteiger partial charge in [-0.1, -0.05) is 6.07 Å². The Morgan fingerprint density at radius 2 is 1.94 bits per heavy atom. The van der Waals surface area contributed by atoms with Gasteiger partial charge in [0.25, 0.3) is 0 Å². The first-order valence-electron chi connectivity index (χ1n) is 11.3. The quantitative estimate of drug-likeness (QED) is 0.565. The van der Waals surface area contributed by atoms with Gasteiger partial charge in [-0.25, -0.2) is 8.42 Å². The lowest BCUT2D eigenvalue weighted by molar-refractivity contribution is -0.120. The molecule has 1 N–H and O–H groups in total. The molecule has 1 atom stereocenters. The van der Waals surface area contributed by atoms with Crippen LogP contribution < -0.4 is 5.32 Å². The number of benzene rings is 1. The van der Waals surface area contributed by atoms with Crippen molar-refractivity contribution in [3.63, 3.8) is 0 Å². The molecule has 1 saturated carbocycles. The average molecular weight is 470 g/mol. The lowest BCUT2D eigenvalue weighted by Crippen LogP contribution is -2.30. The van der Waals surface area contributed by atoms with Crippen molar-refractivity contribution in [3.05, 3.63) is 42.2 Å². The number of hydrogen-bond acceptors (Lipinski definition) is 7. The first-order valence-corrected chi connectivity index (χ1v) is 12.9. The van der Waals surface area contributed by atoms with E-state index in [-0.39, 0.29) is 11.2 Å². The van der Waals surface area contributed by atoms with Gasteiger partial charge in [-0.15, -0.1) is 5.10 Å². The third-order valence-corrected chi connectivity index (χ3v) is 8.73. The Bertz CT molecular complexity index is 1260. The van der Waals surface area contributed by atoms with E-state index in [9.17, 15) is 13.2 Å². The van der Waals surface area contributed by atoms with Crippen molar-refractivity contribution in [2.24, 2.45) is 5.92 Å². The fraction of sp³-hybridized carbons (Fsp3) is 0.478. The normalized spacial score (nSPS) is 18.3. The van der Waals surface area contributed by atoms with E-state index in [1.807, 2.05) is 13.0 Å². The number of rotatable bonds is 7. The molecule has 2 fully saturated rings. The second kappa shape index (κ2) is 8.83. The molecule has 5 rings (SSSR count). The van der Waals surface area contributed by atoms with E-state index < -0.39 is 15.9 Å². The number of sulfone groups is 1. The molecule has 2 aliphatic rings. The summed E-state index contributed by atoms with van der Waals surface area (Å²) in [7, 11) is -3.39. The molecule has 9 nitrogen and oxygen atoms in total. The van der Waals surface area contributed by atoms with E-state index in [1.54, 1.807) is 35.1 Å². The maximum absolute atomic E-state index is 13.4. The van der Waals surface area contributed by atoms with Crippen LogP contribution in [-0.2, 0) is 19.4 Å². The Morgan fingerprint density at radius 3 is 2.64 bits per heavy atom. The van der Waals surface area contributed by atoms with Crippen LogP contribution in [0.15, 0.2) is 41.4 Å². The van der Waals surface area contributed by atoms with Crippen LogP contribution in [0.5, 0.6) is 0 Å². The van der Waals surface area contributed by atoms with E-state index in [0.717, 1.165) is 18.5 Å². The molecule has 0 bridgehead atoms. The van der Waals surface area contributed by atoms with Gasteiger partial charge in [0.1, 0.15) is 6.04 Å². The number of ether oxygens (including phenoxy) is 1. The molecule has 0 spiro atoms. The van der Waals surface area contributed by atoms with Crippen LogP contribution in [0.1, 0.15) is 43.8 Å². The Kier molecular flexibility index (Phi) is 5.88. The van der Waals surface area contributed by atoms with Gasteiger partial charge in [0.15, 0.2) is 15.7 Å². The molecule has 33 heavy (non-hydrogen) atoms. The van der Waals surface area contributed by atoms with Crippen LogP contribution in [-0.4, -0.2) is 52.8 Å². The molecule has 10 heteroatoms. The summed E-state index contributed by atoms with van der Waals surface area (Å²) < 4.78 is 33.1. The van der Waals surface area contributed by atoms with E-state index >= 15 is 0 Å². The molecule has 1 aromatic carbocycles. The van der Waals surface area contributed by atoms with Crippen molar-refractivity contribution >= 4 is 32.5 Å². The molecule has 2 aromatic heterocycles. The summed E-state index contributed by atoms with van der Waals surface area (Å²) >= 11 is 0. The highest BCUT2D eigenvalue weighted by atomic mass is 32.2. The lowest BCUT2D eigenvalue weighted by Gasteiger charge is -2.26. The molecular weight excluding hydrogens is 442 g/mol. The van der Waals surface area contributed by atoms with E-state index in [1.165, 1.54) is 0 Å². The van der Waals surface area contributed by atoms with E-state index in [2.05, 4.69) is 20.6 Å². The molecule has 1 amide bonds. The molecule has 0 radical (unpaired) electrons. The molecule has 3 aromatic rings. The van der Waals surface area contributed by atoms with Gasteiger partial charge >= 0.3 is 0 Å². The number of amides is 1. The largest absolute Gasteiger partial charge is 0.381 e. The summed E-state index contributed by atoms with van der Waals surface area (Å²) in [4.78, 5) is 13.7. The van der Waals surface area contributed by atoms with Gasteiger partial charge in [-0.2, -0.15) is 10.2 Å². The van der Waals surface area contributed by atoms with Crippen LogP contribution in [0.25, 0.3) is 10.9 Å². The fourth-order valence-electron chi connectivity index (χ4n) is 4.39. The molecule has 1 aliphatic heterocycles. The minimum absolute atomic E-state index is 0.250. The van der Waals surface area contributed by atoms with Crippen molar-refractivity contribution < 1.29 is 17.9 Å². The lowest BCUT2D eigenvalue weighted by atomic mass is 9.92. The molecule has 1 unspecified atom stereocenters. The average Bonchev–Trinajstić information content (AvgIpc) is 3.60. The third kappa shape index (κ3) is 4.49. The Hall–Kier alpha value is -2.85. The number of carbonyl (C=O) groups excluding carboxylic acids is 1. The predicted molar refractivity (Wildman–Crippen MR) is 123 cm³/mol. The number of anilines is 1. The van der Waals surface area contributed by atoms with Crippen molar-refractivity contribution in [1.29, 1.82) is 0 Å². The number of carbonyl (C=O) groups is 1. The predicted octanol–water partition coefficient (Wildman–Crippen LogP) is 3.07. The van der Waals surface area contributed by atoms with Gasteiger partial charge in [-0.05, 0) is 69.2 Å². The van der Waals surface area contributed by atoms with Crippen LogP contribution in [0.2, 0.25) is 0 Å². The van der Waals surface area contributed by atoms with Crippen molar-refractivity contribution in [3.8, 4) is 0 Å². The third-order valence-electron chi connectivity index (χ3n) is 6.42. The highest BCUT2D eigenvalue weighted by Gasteiger charge is 2.38. The number of aromatic nitrogens is 4. The Morgan fingerprint density at radius 1 is 1.15 bits per heavy atom. The Labute approximate surface area is 192 Å². The smallest absolute Gasteiger partial charge is 0.250 e. The number of fused-ring (bicyclic) bond motifs is 1. The van der Waals surface area contributed by atoms with Gasteiger partial charge in [0.2, 0.25) is 5.91 Å². The second-order valence-corrected chi connectivity index (χ2v) is 11.1. The van der Waals surface area contributed by atoms with Crippen molar-refractivity contribution in [2.75, 3.05) is 18.5 Å². The molecule has 1 aliphatic carbocycles.